The van der Waals surface area contributed by atoms with E-state index in [1.54, 1.807) is 31.1 Å². The highest BCUT2D eigenvalue weighted by molar-refractivity contribution is 6.00. The lowest BCUT2D eigenvalue weighted by molar-refractivity contribution is -0.147. The Hall–Kier alpha value is -3.41. The van der Waals surface area contributed by atoms with Gasteiger partial charge < -0.3 is 30.1 Å². The van der Waals surface area contributed by atoms with Crippen molar-refractivity contribution in [1.29, 1.82) is 0 Å². The van der Waals surface area contributed by atoms with E-state index < -0.39 is 41.6 Å². The number of ether oxygens (including phenoxy) is 2. The second-order valence-corrected chi connectivity index (χ2v) is 11.2. The lowest BCUT2D eigenvalue weighted by Crippen LogP contribution is -2.56. The third-order valence-corrected chi connectivity index (χ3v) is 8.07. The summed E-state index contributed by atoms with van der Waals surface area (Å²) in [7, 11) is 2.90. The first kappa shape index (κ1) is 31.5. The maximum atomic E-state index is 14.0. The number of aliphatic hydroxyl groups excluding tert-OH is 1. The summed E-state index contributed by atoms with van der Waals surface area (Å²) in [5.41, 5.74) is 1.53. The Morgan fingerprint density at radius 2 is 1.79 bits per heavy atom. The number of carbonyl (C=O) groups is 3. The maximum Gasteiger partial charge on any atom is 0.308 e. The largest absolute Gasteiger partial charge is 0.469 e. The molecule has 3 N–H and O–H groups in total. The SMILES string of the molecule is COC[C@H]1CCCN1C(=O)c1cc(C)cc(C(=O)NC(Cc2cc(F)cc(F)c2)C(O)C2CC(C(=O)OC)CCN2)c1. The molecule has 2 fully saturated rings. The number of halogens is 2. The minimum Gasteiger partial charge on any atom is -0.469 e. The van der Waals surface area contributed by atoms with Gasteiger partial charge in [0.2, 0.25) is 0 Å². The molecule has 2 aliphatic heterocycles. The summed E-state index contributed by atoms with van der Waals surface area (Å²) >= 11 is 0. The normalized spacial score (nSPS) is 22.0. The van der Waals surface area contributed by atoms with E-state index in [2.05, 4.69) is 10.6 Å². The lowest BCUT2D eigenvalue weighted by atomic mass is 9.86. The van der Waals surface area contributed by atoms with Gasteiger partial charge in [0, 0.05) is 36.9 Å². The first-order valence-electron chi connectivity index (χ1n) is 14.3. The van der Waals surface area contributed by atoms with Crippen molar-refractivity contribution < 1.29 is 37.7 Å². The molecule has 4 unspecified atom stereocenters. The molecule has 2 aliphatic rings. The van der Waals surface area contributed by atoms with Crippen molar-refractivity contribution in [3.05, 3.63) is 70.3 Å². The Kier molecular flexibility index (Phi) is 10.6. The molecule has 0 spiro atoms. The Labute approximate surface area is 244 Å². The van der Waals surface area contributed by atoms with Crippen molar-refractivity contribution in [1.82, 2.24) is 15.5 Å². The molecule has 0 radical (unpaired) electrons. The van der Waals surface area contributed by atoms with Crippen LogP contribution in [0.15, 0.2) is 36.4 Å². The van der Waals surface area contributed by atoms with Gasteiger partial charge in [0.1, 0.15) is 11.6 Å². The molecule has 0 aromatic heterocycles. The first-order chi connectivity index (χ1) is 20.1. The number of methoxy groups -OCH3 is 2. The maximum absolute atomic E-state index is 14.0. The number of hydrogen-bond acceptors (Lipinski definition) is 7. The molecule has 9 nitrogen and oxygen atoms in total. The van der Waals surface area contributed by atoms with E-state index in [0.29, 0.717) is 37.2 Å². The number of nitrogens with zero attached hydrogens (tertiary/aromatic N) is 1. The third-order valence-electron chi connectivity index (χ3n) is 8.07. The fourth-order valence-electron chi connectivity index (χ4n) is 6.04. The van der Waals surface area contributed by atoms with E-state index in [1.807, 2.05) is 0 Å². The number of amides is 2. The number of piperidine rings is 1. The number of carbonyl (C=O) groups excluding carboxylic acids is 3. The molecular weight excluding hydrogens is 548 g/mol. The highest BCUT2D eigenvalue weighted by Crippen LogP contribution is 2.24. The number of aryl methyl sites for hydroxylation is 1. The summed E-state index contributed by atoms with van der Waals surface area (Å²) in [6, 6.07) is 6.33. The van der Waals surface area contributed by atoms with Gasteiger partial charge in [-0.3, -0.25) is 14.4 Å². The fourth-order valence-corrected chi connectivity index (χ4v) is 6.04. The van der Waals surface area contributed by atoms with Crippen LogP contribution in [0.25, 0.3) is 0 Å². The quantitative estimate of drug-likeness (QED) is 0.366. The molecule has 11 heteroatoms. The van der Waals surface area contributed by atoms with Crippen LogP contribution in [0.3, 0.4) is 0 Å². The van der Waals surface area contributed by atoms with E-state index in [9.17, 15) is 28.3 Å². The average Bonchev–Trinajstić information content (AvgIpc) is 3.43. The predicted octanol–water partition coefficient (Wildman–Crippen LogP) is 2.77. The molecule has 2 saturated heterocycles. The van der Waals surface area contributed by atoms with Crippen LogP contribution in [0.2, 0.25) is 0 Å². The summed E-state index contributed by atoms with van der Waals surface area (Å²) in [5.74, 6) is -3.12. The molecule has 2 amide bonds. The van der Waals surface area contributed by atoms with Crippen molar-refractivity contribution in [3.63, 3.8) is 0 Å². The fraction of sp³-hybridized carbons (Fsp3) is 0.516. The zero-order valence-corrected chi connectivity index (χ0v) is 24.2. The Morgan fingerprint density at radius 1 is 1.07 bits per heavy atom. The van der Waals surface area contributed by atoms with Gasteiger partial charge >= 0.3 is 5.97 Å². The van der Waals surface area contributed by atoms with Crippen molar-refractivity contribution >= 4 is 17.8 Å². The number of aliphatic hydroxyl groups is 1. The molecule has 0 aliphatic carbocycles. The Bertz CT molecular complexity index is 1270. The molecule has 4 rings (SSSR count). The Morgan fingerprint density at radius 3 is 2.48 bits per heavy atom. The van der Waals surface area contributed by atoms with Crippen LogP contribution in [0, 0.1) is 24.5 Å². The van der Waals surface area contributed by atoms with Gasteiger partial charge in [0.05, 0.1) is 37.8 Å². The molecule has 2 aromatic carbocycles. The number of likely N-dealkylation sites (tertiary alicyclic amines) is 1. The van der Waals surface area contributed by atoms with Gasteiger partial charge in [-0.05, 0) is 87.0 Å². The predicted molar refractivity (Wildman–Crippen MR) is 151 cm³/mol. The lowest BCUT2D eigenvalue weighted by Gasteiger charge is -2.36. The number of esters is 1. The van der Waals surface area contributed by atoms with Crippen LogP contribution < -0.4 is 10.6 Å². The monoisotopic (exact) mass is 587 g/mol. The summed E-state index contributed by atoms with van der Waals surface area (Å²) in [6.45, 7) is 3.25. The van der Waals surface area contributed by atoms with E-state index >= 15 is 0 Å². The van der Waals surface area contributed by atoms with Gasteiger partial charge in [0.25, 0.3) is 11.8 Å². The second-order valence-electron chi connectivity index (χ2n) is 11.2. The van der Waals surface area contributed by atoms with Crippen LogP contribution in [-0.2, 0) is 20.7 Å². The Balaban J connectivity index is 1.58. The third kappa shape index (κ3) is 7.70. The highest BCUT2D eigenvalue weighted by Gasteiger charge is 2.36. The number of rotatable bonds is 10. The van der Waals surface area contributed by atoms with E-state index in [-0.39, 0.29) is 41.9 Å². The minimum atomic E-state index is -1.21. The van der Waals surface area contributed by atoms with Crippen LogP contribution in [0.5, 0.6) is 0 Å². The topological polar surface area (TPSA) is 117 Å². The summed E-state index contributed by atoms with van der Waals surface area (Å²) in [5, 5.41) is 17.5. The molecule has 5 atom stereocenters. The zero-order valence-electron chi connectivity index (χ0n) is 24.2. The van der Waals surface area contributed by atoms with Gasteiger partial charge in [0.15, 0.2) is 0 Å². The van der Waals surface area contributed by atoms with Crippen molar-refractivity contribution in [3.8, 4) is 0 Å². The molecule has 2 aromatic rings. The smallest absolute Gasteiger partial charge is 0.308 e. The summed E-state index contributed by atoms with van der Waals surface area (Å²) < 4.78 is 38.2. The molecule has 0 saturated carbocycles. The van der Waals surface area contributed by atoms with Gasteiger partial charge in [-0.2, -0.15) is 0 Å². The van der Waals surface area contributed by atoms with Crippen molar-refractivity contribution in [2.45, 2.75) is 63.3 Å². The van der Waals surface area contributed by atoms with E-state index in [0.717, 1.165) is 31.0 Å². The van der Waals surface area contributed by atoms with Crippen LogP contribution >= 0.6 is 0 Å². The van der Waals surface area contributed by atoms with Crippen molar-refractivity contribution in [2.24, 2.45) is 5.92 Å². The van der Waals surface area contributed by atoms with E-state index in [1.165, 1.54) is 13.2 Å². The number of hydrogen-bond donors (Lipinski definition) is 3. The van der Waals surface area contributed by atoms with Crippen LogP contribution in [0.4, 0.5) is 8.78 Å². The standard InChI is InChI=1S/C31H39F2N3O6/c1-18-9-21(14-22(10-18)30(39)36-8-4-5-25(36)17-41-2)29(38)35-27(13-19-11-23(32)16-24(33)12-19)28(37)26-15-20(6-7-34-26)31(40)42-3/h9-12,14,16,20,25-28,34,37H,4-8,13,15,17H2,1-3H3,(H,35,38)/t20?,25-,26?,27?,28?/m1/s1. The molecular formula is C31H39F2N3O6. The van der Waals surface area contributed by atoms with Gasteiger partial charge in [-0.15, -0.1) is 0 Å². The molecule has 2 heterocycles. The minimum absolute atomic E-state index is 0.0386. The van der Waals surface area contributed by atoms with Gasteiger partial charge in [-0.1, -0.05) is 0 Å². The van der Waals surface area contributed by atoms with Crippen LogP contribution in [0.1, 0.15) is 57.5 Å². The van der Waals surface area contributed by atoms with Crippen molar-refractivity contribution in [2.75, 3.05) is 33.9 Å². The van der Waals surface area contributed by atoms with Gasteiger partial charge in [-0.25, -0.2) is 8.78 Å². The molecule has 0 bridgehead atoms. The average molecular weight is 588 g/mol. The molecule has 42 heavy (non-hydrogen) atoms. The molecule has 228 valence electrons. The van der Waals surface area contributed by atoms with Crippen LogP contribution in [-0.4, -0.2) is 85.9 Å². The summed E-state index contributed by atoms with van der Waals surface area (Å²) in [6.07, 6.45) is 1.21. The summed E-state index contributed by atoms with van der Waals surface area (Å²) in [4.78, 5) is 40.9. The number of nitrogens with one attached hydrogen (secondary N) is 2. The number of benzene rings is 2. The first-order valence-corrected chi connectivity index (χ1v) is 14.3. The second kappa shape index (κ2) is 14.2. The highest BCUT2D eigenvalue weighted by atomic mass is 19.1. The zero-order chi connectivity index (χ0) is 30.4. The van der Waals surface area contributed by atoms with E-state index in [4.69, 9.17) is 9.47 Å².